The monoisotopic (exact) mass is 190 g/mol. The smallest absolute Gasteiger partial charge is 0.0793 e. The summed E-state index contributed by atoms with van der Waals surface area (Å²) in [4.78, 5) is 2.35. The lowest BCUT2D eigenvalue weighted by molar-refractivity contribution is 0.593. The minimum absolute atomic E-state index is 0.524. The summed E-state index contributed by atoms with van der Waals surface area (Å²) in [6.45, 7) is 3.32. The maximum Gasteiger partial charge on any atom is 0.0793 e. The molecule has 1 aliphatic heterocycles. The Kier molecular flexibility index (Phi) is 2.73. The highest BCUT2D eigenvalue weighted by Crippen LogP contribution is 2.22. The summed E-state index contributed by atoms with van der Waals surface area (Å²) in [5.41, 5.74) is 2.69. The van der Waals surface area contributed by atoms with Gasteiger partial charge in [-0.05, 0) is 37.9 Å². The molecular weight excluding hydrogens is 172 g/mol. The summed E-state index contributed by atoms with van der Waals surface area (Å²) >= 11 is 0. The lowest BCUT2D eigenvalue weighted by atomic mass is 10.1. The molecule has 1 atom stereocenters. The number of para-hydroxylation sites is 1. The van der Waals surface area contributed by atoms with Crippen LogP contribution in [0, 0.1) is 6.92 Å². The Balaban J connectivity index is 2.17. The molecule has 1 heterocycles. The van der Waals surface area contributed by atoms with Gasteiger partial charge in [-0.3, -0.25) is 5.32 Å². The highest BCUT2D eigenvalue weighted by Gasteiger charge is 2.19. The van der Waals surface area contributed by atoms with Gasteiger partial charge in [0.25, 0.3) is 0 Å². The van der Waals surface area contributed by atoms with Crippen LogP contribution < -0.4 is 10.2 Å². The molecule has 1 fully saturated rings. The standard InChI is InChI=1S/C12H18N2/c1-10-6-3-4-7-11(10)14(2)12-8-5-9-13-12/h3-4,6-7,12-13H,5,8-9H2,1-2H3. The molecule has 0 amide bonds. The second-order valence-electron chi connectivity index (χ2n) is 4.01. The topological polar surface area (TPSA) is 15.3 Å². The first-order valence-electron chi connectivity index (χ1n) is 5.31. The van der Waals surface area contributed by atoms with Gasteiger partial charge in [0.15, 0.2) is 0 Å². The molecule has 76 valence electrons. The molecule has 1 aliphatic rings. The average Bonchev–Trinajstić information content (AvgIpc) is 2.70. The summed E-state index contributed by atoms with van der Waals surface area (Å²) in [7, 11) is 2.17. The van der Waals surface area contributed by atoms with E-state index in [-0.39, 0.29) is 0 Å². The fraction of sp³-hybridized carbons (Fsp3) is 0.500. The fourth-order valence-corrected chi connectivity index (χ4v) is 2.12. The SMILES string of the molecule is Cc1ccccc1N(C)C1CCCN1. The Morgan fingerprint density at radius 2 is 2.14 bits per heavy atom. The van der Waals surface area contributed by atoms with Crippen molar-refractivity contribution in [2.45, 2.75) is 25.9 Å². The maximum absolute atomic E-state index is 3.51. The molecule has 1 aromatic rings. The summed E-state index contributed by atoms with van der Waals surface area (Å²) in [5.74, 6) is 0. The zero-order valence-electron chi connectivity index (χ0n) is 8.96. The third-order valence-electron chi connectivity index (χ3n) is 3.00. The number of nitrogens with one attached hydrogen (secondary N) is 1. The summed E-state index contributed by atoms with van der Waals surface area (Å²) in [6, 6.07) is 8.55. The largest absolute Gasteiger partial charge is 0.359 e. The first-order chi connectivity index (χ1) is 6.79. The second-order valence-corrected chi connectivity index (χ2v) is 4.01. The van der Waals surface area contributed by atoms with E-state index < -0.39 is 0 Å². The molecular formula is C12H18N2. The predicted molar refractivity (Wildman–Crippen MR) is 60.6 cm³/mol. The fourth-order valence-electron chi connectivity index (χ4n) is 2.12. The molecule has 1 saturated heterocycles. The van der Waals surface area contributed by atoms with Crippen LogP contribution in [0.5, 0.6) is 0 Å². The van der Waals surface area contributed by atoms with Crippen LogP contribution in [0.1, 0.15) is 18.4 Å². The third-order valence-corrected chi connectivity index (χ3v) is 3.00. The van der Waals surface area contributed by atoms with Crippen LogP contribution >= 0.6 is 0 Å². The number of benzene rings is 1. The summed E-state index contributed by atoms with van der Waals surface area (Å²) in [6.07, 6.45) is 3.07. The predicted octanol–water partition coefficient (Wildman–Crippen LogP) is 2.14. The Morgan fingerprint density at radius 3 is 2.79 bits per heavy atom. The number of nitrogens with zero attached hydrogens (tertiary/aromatic N) is 1. The van der Waals surface area contributed by atoms with Gasteiger partial charge in [-0.2, -0.15) is 0 Å². The van der Waals surface area contributed by atoms with E-state index >= 15 is 0 Å². The first kappa shape index (κ1) is 9.53. The van der Waals surface area contributed by atoms with Crippen molar-refractivity contribution in [1.29, 1.82) is 0 Å². The van der Waals surface area contributed by atoms with Crippen molar-refractivity contribution in [2.24, 2.45) is 0 Å². The molecule has 14 heavy (non-hydrogen) atoms. The van der Waals surface area contributed by atoms with Gasteiger partial charge >= 0.3 is 0 Å². The van der Waals surface area contributed by atoms with E-state index in [1.54, 1.807) is 0 Å². The van der Waals surface area contributed by atoms with Crippen LogP contribution in [0.15, 0.2) is 24.3 Å². The molecule has 2 nitrogen and oxygen atoms in total. The Labute approximate surface area is 85.9 Å². The van der Waals surface area contributed by atoms with Gasteiger partial charge < -0.3 is 4.90 Å². The van der Waals surface area contributed by atoms with E-state index in [9.17, 15) is 0 Å². The molecule has 0 saturated carbocycles. The van der Waals surface area contributed by atoms with Crippen molar-refractivity contribution in [3.8, 4) is 0 Å². The summed E-state index contributed by atoms with van der Waals surface area (Å²) < 4.78 is 0. The molecule has 0 radical (unpaired) electrons. The van der Waals surface area contributed by atoms with Crippen LogP contribution in [0.3, 0.4) is 0 Å². The van der Waals surface area contributed by atoms with E-state index in [0.717, 1.165) is 6.54 Å². The number of hydrogen-bond donors (Lipinski definition) is 1. The number of hydrogen-bond acceptors (Lipinski definition) is 2. The quantitative estimate of drug-likeness (QED) is 0.768. The normalized spacial score (nSPS) is 21.1. The number of rotatable bonds is 2. The Hall–Kier alpha value is -1.02. The Morgan fingerprint density at radius 1 is 1.36 bits per heavy atom. The molecule has 0 spiro atoms. The molecule has 2 heteroatoms. The zero-order valence-corrected chi connectivity index (χ0v) is 8.96. The molecule has 0 aromatic heterocycles. The third kappa shape index (κ3) is 1.75. The molecule has 0 bridgehead atoms. The lowest BCUT2D eigenvalue weighted by Gasteiger charge is -2.28. The van der Waals surface area contributed by atoms with E-state index in [2.05, 4.69) is 48.5 Å². The minimum atomic E-state index is 0.524. The van der Waals surface area contributed by atoms with E-state index in [0.29, 0.717) is 6.17 Å². The minimum Gasteiger partial charge on any atom is -0.359 e. The van der Waals surface area contributed by atoms with Crippen LogP contribution in [0.2, 0.25) is 0 Å². The van der Waals surface area contributed by atoms with Crippen molar-refractivity contribution < 1.29 is 0 Å². The van der Waals surface area contributed by atoms with Crippen molar-refractivity contribution >= 4 is 5.69 Å². The Bertz CT molecular complexity index is 303. The van der Waals surface area contributed by atoms with Crippen molar-refractivity contribution in [1.82, 2.24) is 5.32 Å². The van der Waals surface area contributed by atoms with Crippen LogP contribution in [0.25, 0.3) is 0 Å². The zero-order chi connectivity index (χ0) is 9.97. The van der Waals surface area contributed by atoms with Crippen molar-refractivity contribution in [3.05, 3.63) is 29.8 Å². The van der Waals surface area contributed by atoms with Gasteiger partial charge in [0.1, 0.15) is 0 Å². The van der Waals surface area contributed by atoms with Gasteiger partial charge in [-0.25, -0.2) is 0 Å². The maximum atomic E-state index is 3.51. The van der Waals surface area contributed by atoms with E-state index in [4.69, 9.17) is 0 Å². The summed E-state index contributed by atoms with van der Waals surface area (Å²) in [5, 5.41) is 3.51. The van der Waals surface area contributed by atoms with Gasteiger partial charge in [0, 0.05) is 12.7 Å². The van der Waals surface area contributed by atoms with Gasteiger partial charge in [0.05, 0.1) is 6.17 Å². The molecule has 1 aromatic carbocycles. The molecule has 1 unspecified atom stereocenters. The van der Waals surface area contributed by atoms with Crippen molar-refractivity contribution in [3.63, 3.8) is 0 Å². The van der Waals surface area contributed by atoms with E-state index in [1.165, 1.54) is 24.1 Å². The van der Waals surface area contributed by atoms with Gasteiger partial charge in [0.2, 0.25) is 0 Å². The molecule has 2 rings (SSSR count). The van der Waals surface area contributed by atoms with Crippen molar-refractivity contribution in [2.75, 3.05) is 18.5 Å². The lowest BCUT2D eigenvalue weighted by Crippen LogP contribution is -2.39. The van der Waals surface area contributed by atoms with Gasteiger partial charge in [-0.15, -0.1) is 0 Å². The van der Waals surface area contributed by atoms with Crippen LogP contribution in [-0.4, -0.2) is 19.8 Å². The van der Waals surface area contributed by atoms with E-state index in [1.807, 2.05) is 0 Å². The van der Waals surface area contributed by atoms with Gasteiger partial charge in [-0.1, -0.05) is 18.2 Å². The van der Waals surface area contributed by atoms with Crippen LogP contribution in [0.4, 0.5) is 5.69 Å². The number of aryl methyl sites for hydroxylation is 1. The van der Waals surface area contributed by atoms with Crippen LogP contribution in [-0.2, 0) is 0 Å². The number of anilines is 1. The highest BCUT2D eigenvalue weighted by molar-refractivity contribution is 5.53. The molecule has 1 N–H and O–H groups in total. The highest BCUT2D eigenvalue weighted by atomic mass is 15.3. The molecule has 0 aliphatic carbocycles. The average molecular weight is 190 g/mol. The second kappa shape index (κ2) is 4.01. The first-order valence-corrected chi connectivity index (χ1v) is 5.31.